The summed E-state index contributed by atoms with van der Waals surface area (Å²) in [5, 5.41) is 22.5. The van der Waals surface area contributed by atoms with E-state index in [-0.39, 0.29) is 40.8 Å². The number of hydrogen-bond acceptors (Lipinski definition) is 5. The molecule has 0 radical (unpaired) electrons. The van der Waals surface area contributed by atoms with E-state index in [9.17, 15) is 21.0 Å². The number of aliphatic hydroxyl groups excluding tert-OH is 1. The Labute approximate surface area is 224 Å². The van der Waals surface area contributed by atoms with Gasteiger partial charge in [-0.25, -0.2) is 0 Å². The van der Waals surface area contributed by atoms with E-state index in [0.717, 1.165) is 50.5 Å². The van der Waals surface area contributed by atoms with Gasteiger partial charge in [0.2, 0.25) is 0 Å². The van der Waals surface area contributed by atoms with Crippen LogP contribution in [0.3, 0.4) is 0 Å². The lowest BCUT2D eigenvalue weighted by atomic mass is 9.45. The van der Waals surface area contributed by atoms with Crippen molar-refractivity contribution in [1.29, 1.82) is 0 Å². The van der Waals surface area contributed by atoms with Gasteiger partial charge in [0.15, 0.2) is 5.78 Å². The van der Waals surface area contributed by atoms with Crippen LogP contribution in [0, 0.1) is 46.3 Å². The Morgan fingerprint density at radius 3 is 2.42 bits per heavy atom. The second kappa shape index (κ2) is 12.0. The summed E-state index contributed by atoms with van der Waals surface area (Å²) in [7, 11) is 0. The fourth-order valence-corrected chi connectivity index (χ4v) is 9.04. The van der Waals surface area contributed by atoms with Crippen LogP contribution in [0.4, 0.5) is 0 Å². The van der Waals surface area contributed by atoms with Crippen molar-refractivity contribution in [2.75, 3.05) is 19.6 Å². The Bertz CT molecular complexity index is 1070. The van der Waals surface area contributed by atoms with Gasteiger partial charge in [-0.05, 0) is 103 Å². The van der Waals surface area contributed by atoms with Gasteiger partial charge in [0.1, 0.15) is 0 Å². The number of ketones is 1. The van der Waals surface area contributed by atoms with Crippen molar-refractivity contribution >= 4 is 5.78 Å². The van der Waals surface area contributed by atoms with Crippen LogP contribution in [0.2, 0.25) is 0 Å². The lowest BCUT2D eigenvalue weighted by Gasteiger charge is -2.59. The van der Waals surface area contributed by atoms with Crippen LogP contribution in [-0.2, 0) is 4.79 Å². The van der Waals surface area contributed by atoms with E-state index in [1.807, 2.05) is 0 Å². The smallest absolute Gasteiger partial charge is 0.159 e. The molecule has 3 fully saturated rings. The molecule has 4 unspecified atom stereocenters. The lowest BCUT2D eigenvalue weighted by molar-refractivity contribution is -0.136. The number of carbonyl (C=O) groups is 1. The van der Waals surface area contributed by atoms with Crippen LogP contribution in [-0.4, -0.2) is 36.6 Å². The second-order valence-corrected chi connectivity index (χ2v) is 12.6. The Morgan fingerprint density at radius 2 is 1.71 bits per heavy atom. The molecule has 0 amide bonds. The summed E-state index contributed by atoms with van der Waals surface area (Å²) in [6.07, 6.45) is 9.63. The average molecular weight is 524 g/mol. The molecule has 0 heterocycles. The third kappa shape index (κ3) is 5.13. The van der Waals surface area contributed by atoms with E-state index in [1.54, 1.807) is 6.08 Å². The van der Waals surface area contributed by atoms with Gasteiger partial charge in [-0.1, -0.05) is 54.0 Å². The topological polar surface area (TPSA) is 184 Å². The summed E-state index contributed by atoms with van der Waals surface area (Å²) in [6, 6.07) is 0. The second-order valence-electron chi connectivity index (χ2n) is 12.6. The van der Waals surface area contributed by atoms with Crippen molar-refractivity contribution in [1.82, 2.24) is 0 Å². The molecule has 0 aromatic carbocycles. The molecule has 0 saturated heterocycles. The first-order valence-electron chi connectivity index (χ1n) is 14.3. The van der Waals surface area contributed by atoms with E-state index >= 15 is 0 Å². The normalized spacial score (nSPS) is 36.5. The molecule has 0 spiro atoms. The maximum Gasteiger partial charge on any atom is 0.159 e. The van der Waals surface area contributed by atoms with E-state index in [1.165, 1.54) is 0 Å². The predicted octanol–water partition coefficient (Wildman–Crippen LogP) is 7.44. The van der Waals surface area contributed by atoms with Gasteiger partial charge in [-0.3, -0.25) is 4.79 Å². The van der Waals surface area contributed by atoms with E-state index in [0.29, 0.717) is 44.8 Å². The van der Waals surface area contributed by atoms with Crippen molar-refractivity contribution in [2.45, 2.75) is 84.2 Å². The van der Waals surface area contributed by atoms with Gasteiger partial charge < -0.3 is 5.11 Å². The largest absolute Gasteiger partial charge is 0.393 e. The molecule has 4 aliphatic rings. The molecule has 0 aliphatic heterocycles. The Balaban J connectivity index is 1.72. The minimum absolute atomic E-state index is 0.0486. The van der Waals surface area contributed by atoms with Crippen LogP contribution in [0.1, 0.15) is 78.1 Å². The first-order chi connectivity index (χ1) is 18.3. The van der Waals surface area contributed by atoms with Crippen LogP contribution in [0.25, 0.3) is 31.3 Å². The highest BCUT2D eigenvalue weighted by molar-refractivity contribution is 5.94. The molecule has 8 atom stereocenters. The average Bonchev–Trinajstić information content (AvgIpc) is 3.27. The predicted molar refractivity (Wildman–Crippen MR) is 144 cm³/mol. The number of rotatable bonds is 11. The molecule has 11 heteroatoms. The number of azide groups is 3. The maximum absolute atomic E-state index is 13.8. The zero-order valence-corrected chi connectivity index (χ0v) is 22.7. The minimum atomic E-state index is -0.472. The van der Waals surface area contributed by atoms with Crippen molar-refractivity contribution in [3.63, 3.8) is 0 Å². The fraction of sp³-hybridized carbons (Fsp3) is 0.889. The third-order valence-corrected chi connectivity index (χ3v) is 10.6. The molecule has 3 saturated carbocycles. The van der Waals surface area contributed by atoms with Gasteiger partial charge >= 0.3 is 0 Å². The number of aliphatic hydroxyl groups is 1. The number of carbonyl (C=O) groups excluding carboxylic acids is 1. The molecule has 38 heavy (non-hydrogen) atoms. The van der Waals surface area contributed by atoms with E-state index in [2.05, 4.69) is 43.9 Å². The van der Waals surface area contributed by atoms with Crippen LogP contribution in [0.5, 0.6) is 0 Å². The lowest BCUT2D eigenvalue weighted by Crippen LogP contribution is -2.57. The summed E-state index contributed by atoms with van der Waals surface area (Å²) in [5.41, 5.74) is 27.9. The van der Waals surface area contributed by atoms with Crippen LogP contribution < -0.4 is 0 Å². The van der Waals surface area contributed by atoms with Gasteiger partial charge in [-0.2, -0.15) is 0 Å². The molecule has 4 aliphatic carbocycles. The summed E-state index contributed by atoms with van der Waals surface area (Å²) in [4.78, 5) is 23.1. The van der Waals surface area contributed by atoms with Gasteiger partial charge in [-0.15, -0.1) is 0 Å². The molecule has 4 rings (SSSR count). The minimum Gasteiger partial charge on any atom is -0.393 e. The summed E-state index contributed by atoms with van der Waals surface area (Å²) in [6.45, 7) is 5.52. The Hall–Kier alpha value is -2.70. The van der Waals surface area contributed by atoms with E-state index < -0.39 is 11.5 Å². The molecule has 0 aromatic heterocycles. The van der Waals surface area contributed by atoms with Crippen LogP contribution >= 0.6 is 0 Å². The van der Waals surface area contributed by atoms with Gasteiger partial charge in [0.05, 0.1) is 6.10 Å². The third-order valence-electron chi connectivity index (χ3n) is 10.6. The SMILES string of the molecule is CC(C)CCCC(CN=[N+]=[N-])C1CCC2[C@@H]3C(=O)C=C4C[C@@H](O)CC[C@]4(CN=[N+]=[N-])C3CC[C@]12CN=[N+]=[N-]. The number of allylic oxidation sites excluding steroid dienone is 1. The highest BCUT2D eigenvalue weighted by atomic mass is 16.3. The van der Waals surface area contributed by atoms with Crippen molar-refractivity contribution < 1.29 is 9.90 Å². The first-order valence-corrected chi connectivity index (χ1v) is 14.3. The van der Waals surface area contributed by atoms with Crippen LogP contribution in [0.15, 0.2) is 27.0 Å². The highest BCUT2D eigenvalue weighted by Crippen LogP contribution is 2.67. The van der Waals surface area contributed by atoms with Crippen molar-refractivity contribution in [2.24, 2.45) is 61.7 Å². The van der Waals surface area contributed by atoms with E-state index in [4.69, 9.17) is 5.53 Å². The quantitative estimate of drug-likeness (QED) is 0.168. The van der Waals surface area contributed by atoms with Gasteiger partial charge in [0, 0.05) is 45.7 Å². The maximum atomic E-state index is 13.8. The number of fused-ring (bicyclic) bond motifs is 5. The summed E-state index contributed by atoms with van der Waals surface area (Å²) >= 11 is 0. The zero-order valence-electron chi connectivity index (χ0n) is 22.7. The standard InChI is InChI=1S/C27H41N9O2/c1-17(2)4-3-5-18(14-31-34-28)21-6-7-22-25-23(9-11-27(21,22)16-33-36-30)26(15-32-35-29)10-8-20(37)12-19(26)13-24(25)38/h13,17-18,20-23,25,37H,3-12,14-16H2,1-2H3/t18?,20-,21?,22?,23?,25-,26+,27-/m0/s1. The van der Waals surface area contributed by atoms with Crippen molar-refractivity contribution in [3.8, 4) is 0 Å². The molecule has 0 bridgehead atoms. The van der Waals surface area contributed by atoms with Gasteiger partial charge in [0.25, 0.3) is 0 Å². The van der Waals surface area contributed by atoms with Crippen molar-refractivity contribution in [3.05, 3.63) is 43.0 Å². The molecular formula is C27H41N9O2. The number of hydrogen-bond donors (Lipinski definition) is 1. The molecule has 0 aromatic rings. The first kappa shape index (κ1) is 28.3. The molecule has 1 N–H and O–H groups in total. The molecular weight excluding hydrogens is 482 g/mol. The molecule has 206 valence electrons. The highest BCUT2D eigenvalue weighted by Gasteiger charge is 2.63. The monoisotopic (exact) mass is 523 g/mol. The fourth-order valence-electron chi connectivity index (χ4n) is 9.04. The zero-order chi connectivity index (χ0) is 27.3. The Morgan fingerprint density at radius 1 is 0.974 bits per heavy atom. The number of nitrogens with zero attached hydrogens (tertiary/aromatic N) is 9. The Kier molecular flexibility index (Phi) is 8.94. The summed E-state index contributed by atoms with van der Waals surface area (Å²) < 4.78 is 0. The summed E-state index contributed by atoms with van der Waals surface area (Å²) in [5.74, 6) is 1.01. The molecule has 11 nitrogen and oxygen atoms in total.